The summed E-state index contributed by atoms with van der Waals surface area (Å²) in [7, 11) is 3.78. The average Bonchev–Trinajstić information content (AvgIpc) is 3.58. The Morgan fingerprint density at radius 1 is 0.857 bits per heavy atom. The molecule has 0 unspecified atom stereocenters. The summed E-state index contributed by atoms with van der Waals surface area (Å²) in [6.45, 7) is 0.00797. The normalized spacial score (nSPS) is 20.7. The molecule has 2 aromatic heterocycles. The summed E-state index contributed by atoms with van der Waals surface area (Å²) in [6, 6.07) is 30.0. The third-order valence-electron chi connectivity index (χ3n) is 7.61. The van der Waals surface area contributed by atoms with Crippen LogP contribution in [0, 0.1) is 0 Å². The Kier molecular flexibility index (Phi) is 7.98. The van der Waals surface area contributed by atoms with Crippen LogP contribution in [0.25, 0.3) is 11.2 Å². The summed E-state index contributed by atoms with van der Waals surface area (Å²) >= 11 is 1.41. The van der Waals surface area contributed by atoms with Crippen LogP contribution in [-0.2, 0) is 15.1 Å². The monoisotopic (exact) mass is 583 g/mol. The molecule has 1 fully saturated rings. The Hall–Kier alpha value is -3.80. The molecule has 3 aromatic carbocycles. The van der Waals surface area contributed by atoms with Crippen molar-refractivity contribution in [1.82, 2.24) is 19.5 Å². The second-order valence-electron chi connectivity index (χ2n) is 10.4. The smallest absolute Gasteiger partial charge is 0.191 e. The van der Waals surface area contributed by atoms with Gasteiger partial charge in [0, 0.05) is 14.1 Å². The highest BCUT2D eigenvalue weighted by Gasteiger charge is 2.47. The van der Waals surface area contributed by atoms with Gasteiger partial charge in [-0.15, -0.1) is 0 Å². The number of aliphatic hydroxyl groups excluding tert-OH is 2. The molecule has 0 saturated carbocycles. The zero-order chi connectivity index (χ0) is 29.3. The molecule has 0 bridgehead atoms. The Balaban J connectivity index is 1.36. The van der Waals surface area contributed by atoms with E-state index in [1.54, 1.807) is 10.9 Å². The first-order valence-corrected chi connectivity index (χ1v) is 14.9. The van der Waals surface area contributed by atoms with Gasteiger partial charge in [0.2, 0.25) is 0 Å². The van der Waals surface area contributed by atoms with Crippen molar-refractivity contribution < 1.29 is 19.7 Å². The quantitative estimate of drug-likeness (QED) is 0.150. The number of aromatic nitrogens is 4. The molecule has 1 saturated heterocycles. The molecule has 9 nitrogen and oxygen atoms in total. The van der Waals surface area contributed by atoms with Gasteiger partial charge in [-0.2, -0.15) is 0 Å². The highest BCUT2D eigenvalue weighted by molar-refractivity contribution is 7.98. The fraction of sp³-hybridized carbons (Fsp3) is 0.281. The van der Waals surface area contributed by atoms with Gasteiger partial charge in [0.25, 0.3) is 0 Å². The predicted molar refractivity (Wildman–Crippen MR) is 163 cm³/mol. The third kappa shape index (κ3) is 4.95. The molecular formula is C32H33N5O4S. The lowest BCUT2D eigenvalue weighted by molar-refractivity contribution is -0.0942. The van der Waals surface area contributed by atoms with Gasteiger partial charge in [0.05, 0.1) is 12.9 Å². The van der Waals surface area contributed by atoms with Crippen molar-refractivity contribution in [3.05, 3.63) is 114 Å². The summed E-state index contributed by atoms with van der Waals surface area (Å²) in [6.07, 6.45) is -0.708. The Bertz CT molecular complexity index is 1540. The molecule has 0 radical (unpaired) electrons. The van der Waals surface area contributed by atoms with Gasteiger partial charge in [-0.25, -0.2) is 15.0 Å². The first kappa shape index (κ1) is 28.3. The number of thioether (sulfide) groups is 1. The maximum Gasteiger partial charge on any atom is 0.191 e. The number of nitrogens with zero attached hydrogens (tertiary/aromatic N) is 5. The van der Waals surface area contributed by atoms with Crippen molar-refractivity contribution in [2.24, 2.45) is 0 Å². The minimum atomic E-state index is -1.23. The SMILES string of the molecule is CSc1nc(N(C)C)c2ncn([C@@H]3O[C@H](COC(c4ccccc4)(c4ccccc4)c4ccccc4)[C@@H](O)[C@H]3O)c2n1. The minimum absolute atomic E-state index is 0.00797. The number of hydrogen-bond donors (Lipinski definition) is 2. The van der Waals surface area contributed by atoms with Crippen molar-refractivity contribution in [3.8, 4) is 0 Å². The van der Waals surface area contributed by atoms with Crippen molar-refractivity contribution in [2.45, 2.75) is 35.3 Å². The number of fused-ring (bicyclic) bond motifs is 1. The van der Waals surface area contributed by atoms with E-state index in [0.29, 0.717) is 22.1 Å². The summed E-state index contributed by atoms with van der Waals surface area (Å²) in [4.78, 5) is 15.6. The van der Waals surface area contributed by atoms with Crippen molar-refractivity contribution in [3.63, 3.8) is 0 Å². The van der Waals surface area contributed by atoms with Gasteiger partial charge >= 0.3 is 0 Å². The molecule has 4 atom stereocenters. The summed E-state index contributed by atoms with van der Waals surface area (Å²) in [5, 5.41) is 23.0. The molecule has 0 aliphatic carbocycles. The van der Waals surface area contributed by atoms with Gasteiger partial charge < -0.3 is 24.6 Å². The van der Waals surface area contributed by atoms with Crippen molar-refractivity contribution in [2.75, 3.05) is 31.9 Å². The van der Waals surface area contributed by atoms with Crippen LogP contribution in [0.2, 0.25) is 0 Å². The Morgan fingerprint density at radius 3 is 1.90 bits per heavy atom. The molecule has 0 amide bonds. The first-order chi connectivity index (χ1) is 20.4. The fourth-order valence-electron chi connectivity index (χ4n) is 5.54. The fourth-order valence-corrected chi connectivity index (χ4v) is 5.90. The molecule has 2 N–H and O–H groups in total. The lowest BCUT2D eigenvalue weighted by Crippen LogP contribution is -2.39. The van der Waals surface area contributed by atoms with E-state index in [0.717, 1.165) is 16.7 Å². The van der Waals surface area contributed by atoms with E-state index < -0.39 is 30.1 Å². The molecule has 1 aliphatic rings. The second-order valence-corrected chi connectivity index (χ2v) is 11.2. The van der Waals surface area contributed by atoms with Crippen LogP contribution in [0.15, 0.2) is 102 Å². The molecule has 10 heteroatoms. The van der Waals surface area contributed by atoms with Crippen molar-refractivity contribution >= 4 is 28.7 Å². The van der Waals surface area contributed by atoms with E-state index in [4.69, 9.17) is 9.47 Å². The molecule has 6 rings (SSSR count). The molecule has 42 heavy (non-hydrogen) atoms. The average molecular weight is 584 g/mol. The van der Waals surface area contributed by atoms with E-state index in [9.17, 15) is 10.2 Å². The van der Waals surface area contributed by atoms with Crippen LogP contribution < -0.4 is 4.90 Å². The second kappa shape index (κ2) is 11.8. The van der Waals surface area contributed by atoms with Crippen LogP contribution in [0.5, 0.6) is 0 Å². The Labute approximate surface area is 248 Å². The van der Waals surface area contributed by atoms with Gasteiger partial charge in [0.15, 0.2) is 28.4 Å². The maximum absolute atomic E-state index is 11.2. The van der Waals surface area contributed by atoms with Gasteiger partial charge in [0.1, 0.15) is 23.9 Å². The summed E-state index contributed by atoms with van der Waals surface area (Å²) in [5.74, 6) is 0.661. The largest absolute Gasteiger partial charge is 0.387 e. The molecule has 0 spiro atoms. The third-order valence-corrected chi connectivity index (χ3v) is 8.15. The lowest BCUT2D eigenvalue weighted by atomic mass is 9.80. The van der Waals surface area contributed by atoms with E-state index in [1.807, 2.05) is 116 Å². The molecular weight excluding hydrogens is 550 g/mol. The number of aliphatic hydroxyl groups is 2. The van der Waals surface area contributed by atoms with Gasteiger partial charge in [-0.05, 0) is 22.9 Å². The topological polar surface area (TPSA) is 106 Å². The zero-order valence-corrected chi connectivity index (χ0v) is 24.4. The number of anilines is 1. The van der Waals surface area contributed by atoms with Gasteiger partial charge in [-0.3, -0.25) is 4.57 Å². The van der Waals surface area contributed by atoms with E-state index in [1.165, 1.54) is 11.8 Å². The number of ether oxygens (including phenoxy) is 2. The standard InChI is InChI=1S/C32H33N5O4S/c1-36(2)28-25-29(35-31(34-28)42-3)37(20-33-25)30-27(39)26(38)24(41-30)19-40-32(21-13-7-4-8-14-21,22-15-9-5-10-16-22)23-17-11-6-12-18-23/h4-18,20,24,26-27,30,38-39H,19H2,1-3H3/t24-,26-,27-,30-/m1/s1. The highest BCUT2D eigenvalue weighted by atomic mass is 32.2. The number of benzene rings is 3. The molecule has 3 heterocycles. The van der Waals surface area contributed by atoms with Crippen LogP contribution in [0.4, 0.5) is 5.82 Å². The van der Waals surface area contributed by atoms with E-state index in [-0.39, 0.29) is 6.61 Å². The molecule has 216 valence electrons. The van der Waals surface area contributed by atoms with Crippen LogP contribution >= 0.6 is 11.8 Å². The highest BCUT2D eigenvalue weighted by Crippen LogP contribution is 2.42. The lowest BCUT2D eigenvalue weighted by Gasteiger charge is -2.37. The van der Waals surface area contributed by atoms with E-state index in [2.05, 4.69) is 15.0 Å². The molecule has 5 aromatic rings. The van der Waals surface area contributed by atoms with Crippen LogP contribution in [0.3, 0.4) is 0 Å². The van der Waals surface area contributed by atoms with Crippen LogP contribution in [0.1, 0.15) is 22.9 Å². The zero-order valence-electron chi connectivity index (χ0n) is 23.6. The summed E-state index contributed by atoms with van der Waals surface area (Å²) < 4.78 is 14.9. The number of hydrogen-bond acceptors (Lipinski definition) is 9. The minimum Gasteiger partial charge on any atom is -0.387 e. The summed E-state index contributed by atoms with van der Waals surface area (Å²) in [5.41, 5.74) is 2.92. The molecule has 1 aliphatic heterocycles. The number of rotatable bonds is 9. The first-order valence-electron chi connectivity index (χ1n) is 13.7. The van der Waals surface area contributed by atoms with E-state index >= 15 is 0 Å². The van der Waals surface area contributed by atoms with Crippen LogP contribution in [-0.4, -0.2) is 75.0 Å². The predicted octanol–water partition coefficient (Wildman–Crippen LogP) is 4.24. The van der Waals surface area contributed by atoms with Crippen molar-refractivity contribution in [1.29, 1.82) is 0 Å². The maximum atomic E-state index is 11.2. The number of imidazole rings is 1. The van der Waals surface area contributed by atoms with Gasteiger partial charge in [-0.1, -0.05) is 103 Å². The Morgan fingerprint density at radius 2 is 1.40 bits per heavy atom.